The van der Waals surface area contributed by atoms with Crippen LogP contribution in [0.15, 0.2) is 0 Å². The van der Waals surface area contributed by atoms with E-state index >= 15 is 0 Å². The largest absolute Gasteiger partial charge is 0.352 e. The van der Waals surface area contributed by atoms with E-state index in [0.29, 0.717) is 11.8 Å². The number of nitrogens with zero attached hydrogens (tertiary/aromatic N) is 1. The summed E-state index contributed by atoms with van der Waals surface area (Å²) in [6.07, 6.45) is 8.77. The number of imide groups is 1. The molecule has 5 heteroatoms. The van der Waals surface area contributed by atoms with Crippen LogP contribution in [0.3, 0.4) is 0 Å². The molecular formula is C17H24N2O3. The van der Waals surface area contributed by atoms with Crippen molar-refractivity contribution in [2.24, 2.45) is 23.7 Å². The fraction of sp³-hybridized carbons (Fsp3) is 0.824. The molecule has 3 amide bonds. The van der Waals surface area contributed by atoms with E-state index < -0.39 is 0 Å². The number of likely N-dealkylation sites (tertiary alicyclic amines) is 1. The summed E-state index contributed by atoms with van der Waals surface area (Å²) in [5, 5.41) is 3.01. The summed E-state index contributed by atoms with van der Waals surface area (Å²) in [4.78, 5) is 38.5. The third-order valence-electron chi connectivity index (χ3n) is 6.29. The number of nitrogens with one attached hydrogen (secondary N) is 1. The summed E-state index contributed by atoms with van der Waals surface area (Å²) >= 11 is 0. The van der Waals surface area contributed by atoms with E-state index in [4.69, 9.17) is 0 Å². The molecule has 3 aliphatic carbocycles. The van der Waals surface area contributed by atoms with Crippen LogP contribution in [0.4, 0.5) is 0 Å². The van der Waals surface area contributed by atoms with Crippen molar-refractivity contribution >= 4 is 17.7 Å². The van der Waals surface area contributed by atoms with Gasteiger partial charge in [-0.3, -0.25) is 19.3 Å². The van der Waals surface area contributed by atoms with Gasteiger partial charge < -0.3 is 5.32 Å². The van der Waals surface area contributed by atoms with Gasteiger partial charge in [0.2, 0.25) is 17.7 Å². The Bertz CT molecular complexity index is 484. The Morgan fingerprint density at radius 2 is 1.55 bits per heavy atom. The maximum atomic E-state index is 12.5. The normalized spacial score (nSPS) is 37.7. The van der Waals surface area contributed by atoms with Crippen LogP contribution in [0.5, 0.6) is 0 Å². The molecule has 3 saturated carbocycles. The summed E-state index contributed by atoms with van der Waals surface area (Å²) in [6, 6.07) is 0.227. The highest BCUT2D eigenvalue weighted by atomic mass is 16.2. The fourth-order valence-electron chi connectivity index (χ4n) is 5.29. The molecule has 1 heterocycles. The summed E-state index contributed by atoms with van der Waals surface area (Å²) in [5.41, 5.74) is 0. The molecule has 5 nitrogen and oxygen atoms in total. The molecule has 0 aromatic carbocycles. The van der Waals surface area contributed by atoms with Gasteiger partial charge in [-0.25, -0.2) is 0 Å². The molecule has 0 unspecified atom stereocenters. The predicted octanol–water partition coefficient (Wildman–Crippen LogP) is 1.47. The van der Waals surface area contributed by atoms with Gasteiger partial charge in [0.05, 0.1) is 11.8 Å². The zero-order valence-corrected chi connectivity index (χ0v) is 12.9. The van der Waals surface area contributed by atoms with Gasteiger partial charge in [-0.2, -0.15) is 0 Å². The highest BCUT2D eigenvalue weighted by Gasteiger charge is 2.60. The molecule has 4 fully saturated rings. The second kappa shape index (κ2) is 5.36. The number of hydrogen-bond acceptors (Lipinski definition) is 3. The average Bonchev–Trinajstić information content (AvgIpc) is 3.18. The summed E-state index contributed by atoms with van der Waals surface area (Å²) in [6.45, 7) is -0.0688. The van der Waals surface area contributed by atoms with Crippen LogP contribution in [0.2, 0.25) is 0 Å². The van der Waals surface area contributed by atoms with Gasteiger partial charge in [-0.05, 0) is 43.9 Å². The standard InChI is InChI=1S/C17H24N2O3/c20-13(18-12-4-2-1-3-5-12)9-19-16(21)14-10-6-7-11(8-10)15(14)17(19)22/h10-12,14-15H,1-9H2,(H,18,20)/t10-,11-,14-,15+/m0/s1. The number of amides is 3. The minimum Gasteiger partial charge on any atom is -0.352 e. The highest BCUT2D eigenvalue weighted by molar-refractivity contribution is 6.08. The second-order valence-electron chi connectivity index (χ2n) is 7.55. The third kappa shape index (κ3) is 2.17. The molecule has 4 atom stereocenters. The maximum absolute atomic E-state index is 12.5. The number of carbonyl (C=O) groups excluding carboxylic acids is 3. The molecule has 120 valence electrons. The number of hydrogen-bond donors (Lipinski definition) is 1. The van der Waals surface area contributed by atoms with Crippen LogP contribution in [0.1, 0.15) is 51.4 Å². The first-order valence-electron chi connectivity index (χ1n) is 8.79. The van der Waals surface area contributed by atoms with Crippen LogP contribution in [-0.2, 0) is 14.4 Å². The molecule has 0 spiro atoms. The molecule has 1 N–H and O–H groups in total. The molecule has 0 radical (unpaired) electrons. The van der Waals surface area contributed by atoms with E-state index in [9.17, 15) is 14.4 Å². The lowest BCUT2D eigenvalue weighted by molar-refractivity contribution is -0.144. The Balaban J connectivity index is 1.39. The minimum atomic E-state index is -0.166. The lowest BCUT2D eigenvalue weighted by Crippen LogP contribution is -2.45. The Morgan fingerprint density at radius 3 is 2.14 bits per heavy atom. The van der Waals surface area contributed by atoms with Crippen molar-refractivity contribution in [2.75, 3.05) is 6.54 Å². The smallest absolute Gasteiger partial charge is 0.240 e. The van der Waals surface area contributed by atoms with Gasteiger partial charge in [-0.1, -0.05) is 19.3 Å². The van der Waals surface area contributed by atoms with E-state index in [2.05, 4.69) is 5.32 Å². The van der Waals surface area contributed by atoms with Crippen LogP contribution in [0.25, 0.3) is 0 Å². The van der Waals surface area contributed by atoms with E-state index in [0.717, 1.165) is 44.9 Å². The summed E-state index contributed by atoms with van der Waals surface area (Å²) in [5.74, 6) is 0.209. The van der Waals surface area contributed by atoms with Crippen molar-refractivity contribution in [2.45, 2.75) is 57.4 Å². The molecule has 1 saturated heterocycles. The number of fused-ring (bicyclic) bond motifs is 5. The quantitative estimate of drug-likeness (QED) is 0.803. The second-order valence-corrected chi connectivity index (χ2v) is 7.55. The maximum Gasteiger partial charge on any atom is 0.240 e. The first-order chi connectivity index (χ1) is 10.6. The van der Waals surface area contributed by atoms with Gasteiger partial charge in [-0.15, -0.1) is 0 Å². The molecule has 2 bridgehead atoms. The highest BCUT2D eigenvalue weighted by Crippen LogP contribution is 2.55. The lowest BCUT2D eigenvalue weighted by Gasteiger charge is -2.24. The van der Waals surface area contributed by atoms with Gasteiger partial charge in [0, 0.05) is 6.04 Å². The van der Waals surface area contributed by atoms with Crippen molar-refractivity contribution in [3.63, 3.8) is 0 Å². The van der Waals surface area contributed by atoms with E-state index in [-0.39, 0.29) is 42.1 Å². The number of carbonyl (C=O) groups is 3. The van der Waals surface area contributed by atoms with Crippen molar-refractivity contribution in [1.29, 1.82) is 0 Å². The topological polar surface area (TPSA) is 66.5 Å². The van der Waals surface area contributed by atoms with Gasteiger partial charge >= 0.3 is 0 Å². The first-order valence-corrected chi connectivity index (χ1v) is 8.79. The Morgan fingerprint density at radius 1 is 0.955 bits per heavy atom. The molecule has 4 aliphatic rings. The molecule has 4 rings (SSSR count). The van der Waals surface area contributed by atoms with Gasteiger partial charge in [0.15, 0.2) is 0 Å². The Labute approximate surface area is 130 Å². The van der Waals surface area contributed by atoms with Crippen molar-refractivity contribution in [3.8, 4) is 0 Å². The summed E-state index contributed by atoms with van der Waals surface area (Å²) in [7, 11) is 0. The van der Waals surface area contributed by atoms with Crippen molar-refractivity contribution in [1.82, 2.24) is 10.2 Å². The molecule has 22 heavy (non-hydrogen) atoms. The third-order valence-corrected chi connectivity index (χ3v) is 6.29. The van der Waals surface area contributed by atoms with Gasteiger partial charge in [0.1, 0.15) is 6.54 Å². The average molecular weight is 304 g/mol. The Hall–Kier alpha value is -1.39. The fourth-order valence-corrected chi connectivity index (χ4v) is 5.29. The van der Waals surface area contributed by atoms with E-state index in [1.165, 1.54) is 11.3 Å². The minimum absolute atomic E-state index is 0.0688. The van der Waals surface area contributed by atoms with Crippen LogP contribution in [0, 0.1) is 23.7 Å². The molecular weight excluding hydrogens is 280 g/mol. The zero-order chi connectivity index (χ0) is 15.3. The van der Waals surface area contributed by atoms with Crippen molar-refractivity contribution in [3.05, 3.63) is 0 Å². The van der Waals surface area contributed by atoms with E-state index in [1.807, 2.05) is 0 Å². The zero-order valence-electron chi connectivity index (χ0n) is 12.9. The van der Waals surface area contributed by atoms with Crippen LogP contribution in [-0.4, -0.2) is 35.2 Å². The predicted molar refractivity (Wildman–Crippen MR) is 79.5 cm³/mol. The SMILES string of the molecule is O=C(CN1C(=O)[C@@H]2[C@H]3CC[C@@H](C3)[C@@H]2C1=O)NC1CCCCC1. The first kappa shape index (κ1) is 14.2. The molecule has 1 aliphatic heterocycles. The van der Waals surface area contributed by atoms with Crippen LogP contribution < -0.4 is 5.32 Å². The molecule has 0 aromatic rings. The van der Waals surface area contributed by atoms with E-state index in [1.54, 1.807) is 0 Å². The van der Waals surface area contributed by atoms with Crippen molar-refractivity contribution < 1.29 is 14.4 Å². The van der Waals surface area contributed by atoms with Gasteiger partial charge in [0.25, 0.3) is 0 Å². The number of rotatable bonds is 3. The summed E-state index contributed by atoms with van der Waals surface area (Å²) < 4.78 is 0. The monoisotopic (exact) mass is 304 g/mol. The Kier molecular flexibility index (Phi) is 3.46. The van der Waals surface area contributed by atoms with Crippen LogP contribution >= 0.6 is 0 Å². The lowest BCUT2D eigenvalue weighted by atomic mass is 9.81. The molecule has 0 aromatic heterocycles.